The Morgan fingerprint density at radius 1 is 1.35 bits per heavy atom. The molecule has 0 aromatic carbocycles. The van der Waals surface area contributed by atoms with Crippen molar-refractivity contribution in [3.05, 3.63) is 18.0 Å². The number of carbonyl (C=O) groups is 1. The van der Waals surface area contributed by atoms with E-state index in [4.69, 9.17) is 4.74 Å². The molecule has 20 heavy (non-hydrogen) atoms. The second-order valence-electron chi connectivity index (χ2n) is 6.79. The SMILES string of the molecule is COc1ccnc(C(=O)NC(C)(C)CC(C)(C)C)c1O. The molecule has 0 bridgehead atoms. The molecule has 0 saturated heterocycles. The van der Waals surface area contributed by atoms with Gasteiger partial charge in [0.2, 0.25) is 0 Å². The normalized spacial score (nSPS) is 12.1. The lowest BCUT2D eigenvalue weighted by Gasteiger charge is -2.33. The topological polar surface area (TPSA) is 71.5 Å². The van der Waals surface area contributed by atoms with Crippen LogP contribution in [0, 0.1) is 5.41 Å². The first-order valence-corrected chi connectivity index (χ1v) is 6.60. The van der Waals surface area contributed by atoms with Crippen LogP contribution in [-0.4, -0.2) is 28.6 Å². The Kier molecular flexibility index (Phi) is 4.63. The van der Waals surface area contributed by atoms with Gasteiger partial charge in [0.1, 0.15) is 0 Å². The lowest BCUT2D eigenvalue weighted by molar-refractivity contribution is 0.0882. The van der Waals surface area contributed by atoms with Gasteiger partial charge in [-0.3, -0.25) is 4.79 Å². The highest BCUT2D eigenvalue weighted by atomic mass is 16.5. The summed E-state index contributed by atoms with van der Waals surface area (Å²) in [4.78, 5) is 16.2. The highest BCUT2D eigenvalue weighted by Crippen LogP contribution is 2.30. The maximum Gasteiger partial charge on any atom is 0.274 e. The minimum absolute atomic E-state index is 0.0219. The Labute approximate surface area is 120 Å². The van der Waals surface area contributed by atoms with Crippen molar-refractivity contribution in [3.63, 3.8) is 0 Å². The molecule has 112 valence electrons. The molecule has 0 aliphatic rings. The standard InChI is InChI=1S/C15H24N2O3/c1-14(2,3)9-15(4,5)17-13(19)11-12(18)10(20-6)7-8-16-11/h7-8,18H,9H2,1-6H3,(H,17,19). The summed E-state index contributed by atoms with van der Waals surface area (Å²) in [7, 11) is 1.43. The number of aromatic hydroxyl groups is 1. The second-order valence-corrected chi connectivity index (χ2v) is 6.79. The number of hydrogen-bond donors (Lipinski definition) is 2. The zero-order valence-corrected chi connectivity index (χ0v) is 13.1. The van der Waals surface area contributed by atoms with Crippen LogP contribution >= 0.6 is 0 Å². The molecule has 2 N–H and O–H groups in total. The molecule has 0 spiro atoms. The van der Waals surface area contributed by atoms with Gasteiger partial charge in [-0.1, -0.05) is 20.8 Å². The Balaban J connectivity index is 2.92. The third-order valence-corrected chi connectivity index (χ3v) is 2.75. The van der Waals surface area contributed by atoms with E-state index in [1.807, 2.05) is 13.8 Å². The molecule has 1 amide bonds. The number of methoxy groups -OCH3 is 1. The van der Waals surface area contributed by atoms with E-state index >= 15 is 0 Å². The van der Waals surface area contributed by atoms with Gasteiger partial charge >= 0.3 is 0 Å². The summed E-state index contributed by atoms with van der Waals surface area (Å²) in [6.07, 6.45) is 2.24. The number of amides is 1. The number of ether oxygens (including phenoxy) is 1. The minimum Gasteiger partial charge on any atom is -0.503 e. The van der Waals surface area contributed by atoms with Crippen LogP contribution in [0.1, 0.15) is 51.5 Å². The first-order valence-electron chi connectivity index (χ1n) is 6.60. The Bertz CT molecular complexity index is 490. The molecule has 0 aliphatic heterocycles. The van der Waals surface area contributed by atoms with Gasteiger partial charge in [0.05, 0.1) is 7.11 Å². The van der Waals surface area contributed by atoms with Gasteiger partial charge < -0.3 is 15.2 Å². The first kappa shape index (κ1) is 16.3. The lowest BCUT2D eigenvalue weighted by atomic mass is 9.82. The van der Waals surface area contributed by atoms with Crippen LogP contribution in [0.2, 0.25) is 0 Å². The van der Waals surface area contributed by atoms with Crippen molar-refractivity contribution in [2.45, 2.75) is 46.6 Å². The smallest absolute Gasteiger partial charge is 0.274 e. The molecule has 1 aromatic heterocycles. The molecule has 1 rings (SSSR count). The van der Waals surface area contributed by atoms with Gasteiger partial charge in [0.25, 0.3) is 5.91 Å². The summed E-state index contributed by atoms with van der Waals surface area (Å²) in [6.45, 7) is 10.2. The summed E-state index contributed by atoms with van der Waals surface area (Å²) in [6, 6.07) is 1.51. The summed E-state index contributed by atoms with van der Waals surface area (Å²) >= 11 is 0. The molecule has 0 unspecified atom stereocenters. The summed E-state index contributed by atoms with van der Waals surface area (Å²) in [5.41, 5.74) is -0.334. The van der Waals surface area contributed by atoms with Crippen molar-refractivity contribution in [3.8, 4) is 11.5 Å². The van der Waals surface area contributed by atoms with Gasteiger partial charge in [-0.2, -0.15) is 0 Å². The van der Waals surface area contributed by atoms with Gasteiger partial charge in [-0.25, -0.2) is 4.98 Å². The molecular weight excluding hydrogens is 256 g/mol. The van der Waals surface area contributed by atoms with Gasteiger partial charge in [-0.15, -0.1) is 0 Å². The van der Waals surface area contributed by atoms with Gasteiger partial charge in [0, 0.05) is 17.8 Å². The molecule has 0 aliphatic carbocycles. The van der Waals surface area contributed by atoms with E-state index in [1.54, 1.807) is 0 Å². The fourth-order valence-corrected chi connectivity index (χ4v) is 2.50. The molecule has 0 atom stereocenters. The molecular formula is C15H24N2O3. The quantitative estimate of drug-likeness (QED) is 0.889. The van der Waals surface area contributed by atoms with E-state index in [2.05, 4.69) is 31.1 Å². The molecule has 5 nitrogen and oxygen atoms in total. The average molecular weight is 280 g/mol. The number of aromatic nitrogens is 1. The highest BCUT2D eigenvalue weighted by Gasteiger charge is 2.29. The highest BCUT2D eigenvalue weighted by molar-refractivity contribution is 5.96. The molecule has 1 aromatic rings. The van der Waals surface area contributed by atoms with E-state index in [-0.39, 0.29) is 22.6 Å². The number of carbonyl (C=O) groups excluding carboxylic acids is 1. The van der Waals surface area contributed by atoms with Crippen molar-refractivity contribution in [1.82, 2.24) is 10.3 Å². The van der Waals surface area contributed by atoms with Crippen LogP contribution in [-0.2, 0) is 0 Å². The maximum atomic E-state index is 12.2. The lowest BCUT2D eigenvalue weighted by Crippen LogP contribution is -2.46. The van der Waals surface area contributed by atoms with Gasteiger partial charge in [0.15, 0.2) is 17.2 Å². The third kappa shape index (κ3) is 4.40. The Morgan fingerprint density at radius 3 is 2.45 bits per heavy atom. The molecule has 0 saturated carbocycles. The van der Waals surface area contributed by atoms with Crippen LogP contribution in [0.25, 0.3) is 0 Å². The number of rotatable bonds is 4. The van der Waals surface area contributed by atoms with Crippen molar-refractivity contribution >= 4 is 5.91 Å². The fraction of sp³-hybridized carbons (Fsp3) is 0.600. The summed E-state index contributed by atoms with van der Waals surface area (Å²) in [5, 5.41) is 12.8. The van der Waals surface area contributed by atoms with E-state index in [1.165, 1.54) is 19.4 Å². The van der Waals surface area contributed by atoms with Crippen LogP contribution in [0.5, 0.6) is 11.5 Å². The van der Waals surface area contributed by atoms with Gasteiger partial charge in [-0.05, 0) is 25.7 Å². The Morgan fingerprint density at radius 2 is 1.95 bits per heavy atom. The minimum atomic E-state index is -0.407. The predicted octanol–water partition coefficient (Wildman–Crippen LogP) is 2.74. The van der Waals surface area contributed by atoms with E-state index in [0.717, 1.165) is 6.42 Å². The van der Waals surface area contributed by atoms with Crippen molar-refractivity contribution in [1.29, 1.82) is 0 Å². The summed E-state index contributed by atoms with van der Waals surface area (Å²) < 4.78 is 4.98. The van der Waals surface area contributed by atoms with E-state index in [9.17, 15) is 9.90 Å². The largest absolute Gasteiger partial charge is 0.503 e. The van der Waals surface area contributed by atoms with E-state index < -0.39 is 11.4 Å². The van der Waals surface area contributed by atoms with Crippen LogP contribution in [0.3, 0.4) is 0 Å². The van der Waals surface area contributed by atoms with Crippen LogP contribution < -0.4 is 10.1 Å². The van der Waals surface area contributed by atoms with Crippen molar-refractivity contribution in [2.75, 3.05) is 7.11 Å². The molecule has 0 fully saturated rings. The van der Waals surface area contributed by atoms with E-state index in [0.29, 0.717) is 0 Å². The van der Waals surface area contributed by atoms with Crippen LogP contribution in [0.4, 0.5) is 0 Å². The number of nitrogens with one attached hydrogen (secondary N) is 1. The predicted molar refractivity (Wildman–Crippen MR) is 78.1 cm³/mol. The second kappa shape index (κ2) is 5.69. The van der Waals surface area contributed by atoms with Crippen LogP contribution in [0.15, 0.2) is 12.3 Å². The third-order valence-electron chi connectivity index (χ3n) is 2.75. The molecule has 1 heterocycles. The first-order chi connectivity index (χ1) is 9.06. The molecule has 0 radical (unpaired) electrons. The van der Waals surface area contributed by atoms with Crippen molar-refractivity contribution in [2.24, 2.45) is 5.41 Å². The maximum absolute atomic E-state index is 12.2. The fourth-order valence-electron chi connectivity index (χ4n) is 2.50. The number of nitrogens with zero attached hydrogens (tertiary/aromatic N) is 1. The zero-order valence-electron chi connectivity index (χ0n) is 13.1. The Hall–Kier alpha value is -1.78. The zero-order chi connectivity index (χ0) is 15.6. The average Bonchev–Trinajstić information content (AvgIpc) is 2.24. The van der Waals surface area contributed by atoms with Crippen molar-refractivity contribution < 1.29 is 14.6 Å². The monoisotopic (exact) mass is 280 g/mol. The molecule has 5 heteroatoms. The number of pyridine rings is 1. The summed E-state index contributed by atoms with van der Waals surface area (Å²) in [5.74, 6) is -0.409. The number of hydrogen-bond acceptors (Lipinski definition) is 4.